The monoisotopic (exact) mass is 264 g/mol. The Morgan fingerprint density at radius 2 is 2.00 bits per heavy atom. The minimum atomic E-state index is -0.0548. The molecule has 2 N–H and O–H groups in total. The number of rotatable bonds is 7. The Bertz CT molecular complexity index is 386. The number of amides is 1. The van der Waals surface area contributed by atoms with E-state index in [9.17, 15) is 4.79 Å². The third-order valence-corrected chi connectivity index (χ3v) is 3.40. The molecular weight excluding hydrogens is 240 g/mol. The SMILES string of the molecule is CCC(CN)C(=O)N(C)CCc1ccc(OC)cc1. The average molecular weight is 264 g/mol. The van der Waals surface area contributed by atoms with Gasteiger partial charge in [0.25, 0.3) is 0 Å². The smallest absolute Gasteiger partial charge is 0.226 e. The first-order valence-electron chi connectivity index (χ1n) is 6.70. The third kappa shape index (κ3) is 4.56. The first kappa shape index (κ1) is 15.5. The zero-order valence-electron chi connectivity index (χ0n) is 12.1. The minimum absolute atomic E-state index is 0.0548. The largest absolute Gasteiger partial charge is 0.497 e. The minimum Gasteiger partial charge on any atom is -0.497 e. The molecule has 0 aliphatic heterocycles. The summed E-state index contributed by atoms with van der Waals surface area (Å²) in [5, 5.41) is 0. The van der Waals surface area contributed by atoms with E-state index in [1.54, 1.807) is 12.0 Å². The van der Waals surface area contributed by atoms with Crippen LogP contribution >= 0.6 is 0 Å². The maximum absolute atomic E-state index is 12.1. The first-order valence-corrected chi connectivity index (χ1v) is 6.70. The topological polar surface area (TPSA) is 55.6 Å². The van der Waals surface area contributed by atoms with Crippen molar-refractivity contribution in [3.8, 4) is 5.75 Å². The van der Waals surface area contributed by atoms with Crippen molar-refractivity contribution < 1.29 is 9.53 Å². The standard InChI is InChI=1S/C15H24N2O2/c1-4-13(11-16)15(18)17(2)10-9-12-5-7-14(19-3)8-6-12/h5-8,13H,4,9-11,16H2,1-3H3. The molecular formula is C15H24N2O2. The summed E-state index contributed by atoms with van der Waals surface area (Å²) < 4.78 is 5.12. The van der Waals surface area contributed by atoms with Crippen LogP contribution < -0.4 is 10.5 Å². The van der Waals surface area contributed by atoms with Gasteiger partial charge >= 0.3 is 0 Å². The lowest BCUT2D eigenvalue weighted by Gasteiger charge is -2.22. The van der Waals surface area contributed by atoms with Crippen molar-refractivity contribution in [2.24, 2.45) is 11.7 Å². The van der Waals surface area contributed by atoms with E-state index in [0.29, 0.717) is 13.1 Å². The molecule has 0 aliphatic carbocycles. The van der Waals surface area contributed by atoms with E-state index in [0.717, 1.165) is 18.6 Å². The number of ether oxygens (including phenoxy) is 1. The van der Waals surface area contributed by atoms with Gasteiger partial charge in [-0.15, -0.1) is 0 Å². The lowest BCUT2D eigenvalue weighted by atomic mass is 10.1. The zero-order chi connectivity index (χ0) is 14.3. The number of hydrogen-bond donors (Lipinski definition) is 1. The van der Waals surface area contributed by atoms with E-state index < -0.39 is 0 Å². The molecule has 1 amide bonds. The predicted octanol–water partition coefficient (Wildman–Crippen LogP) is 1.68. The highest BCUT2D eigenvalue weighted by atomic mass is 16.5. The number of carbonyl (C=O) groups excluding carboxylic acids is 1. The van der Waals surface area contributed by atoms with Gasteiger partial charge in [0.2, 0.25) is 5.91 Å². The van der Waals surface area contributed by atoms with E-state index in [-0.39, 0.29) is 11.8 Å². The summed E-state index contributed by atoms with van der Waals surface area (Å²) in [5.74, 6) is 0.932. The number of benzene rings is 1. The van der Waals surface area contributed by atoms with Crippen molar-refractivity contribution in [3.63, 3.8) is 0 Å². The zero-order valence-corrected chi connectivity index (χ0v) is 12.1. The number of nitrogens with zero attached hydrogens (tertiary/aromatic N) is 1. The van der Waals surface area contributed by atoms with Gasteiger partial charge < -0.3 is 15.4 Å². The van der Waals surface area contributed by atoms with Crippen LogP contribution in [0.4, 0.5) is 0 Å². The Labute approximate surface area is 115 Å². The highest BCUT2D eigenvalue weighted by Gasteiger charge is 2.18. The molecule has 0 heterocycles. The van der Waals surface area contributed by atoms with Crippen LogP contribution in [0.15, 0.2) is 24.3 Å². The molecule has 0 bridgehead atoms. The van der Waals surface area contributed by atoms with E-state index in [2.05, 4.69) is 0 Å². The van der Waals surface area contributed by atoms with Crippen LogP contribution in [0.1, 0.15) is 18.9 Å². The van der Waals surface area contributed by atoms with Gasteiger partial charge in [0, 0.05) is 20.1 Å². The maximum atomic E-state index is 12.1. The normalized spacial score (nSPS) is 12.0. The molecule has 1 rings (SSSR count). The molecule has 0 aromatic heterocycles. The molecule has 19 heavy (non-hydrogen) atoms. The van der Waals surface area contributed by atoms with Gasteiger partial charge in [-0.25, -0.2) is 0 Å². The highest BCUT2D eigenvalue weighted by Crippen LogP contribution is 2.12. The van der Waals surface area contributed by atoms with Gasteiger partial charge in [-0.1, -0.05) is 19.1 Å². The lowest BCUT2D eigenvalue weighted by molar-refractivity contribution is -0.133. The highest BCUT2D eigenvalue weighted by molar-refractivity contribution is 5.78. The Kier molecular flexibility index (Phi) is 6.36. The Morgan fingerprint density at radius 3 is 2.47 bits per heavy atom. The van der Waals surface area contributed by atoms with E-state index in [1.807, 2.05) is 38.2 Å². The summed E-state index contributed by atoms with van der Waals surface area (Å²) >= 11 is 0. The van der Waals surface area contributed by atoms with E-state index >= 15 is 0 Å². The Balaban J connectivity index is 2.48. The molecule has 0 saturated heterocycles. The van der Waals surface area contributed by atoms with Crippen LogP contribution in [0.5, 0.6) is 5.75 Å². The van der Waals surface area contributed by atoms with Crippen molar-refractivity contribution in [2.45, 2.75) is 19.8 Å². The fourth-order valence-corrected chi connectivity index (χ4v) is 1.95. The van der Waals surface area contributed by atoms with E-state index in [4.69, 9.17) is 10.5 Å². The van der Waals surface area contributed by atoms with Gasteiger partial charge in [0.05, 0.1) is 13.0 Å². The number of nitrogens with two attached hydrogens (primary N) is 1. The van der Waals surface area contributed by atoms with Crippen molar-refractivity contribution in [3.05, 3.63) is 29.8 Å². The molecule has 4 nitrogen and oxygen atoms in total. The van der Waals surface area contributed by atoms with Crippen molar-refractivity contribution in [1.82, 2.24) is 4.90 Å². The molecule has 1 aromatic carbocycles. The van der Waals surface area contributed by atoms with E-state index in [1.165, 1.54) is 5.56 Å². The number of likely N-dealkylation sites (N-methyl/N-ethyl adjacent to an activating group) is 1. The van der Waals surface area contributed by atoms with Crippen molar-refractivity contribution in [1.29, 1.82) is 0 Å². The van der Waals surface area contributed by atoms with Gasteiger partial charge in [-0.2, -0.15) is 0 Å². The molecule has 1 aromatic rings. The van der Waals surface area contributed by atoms with Gasteiger partial charge in [0.1, 0.15) is 5.75 Å². The maximum Gasteiger partial charge on any atom is 0.226 e. The Morgan fingerprint density at radius 1 is 1.37 bits per heavy atom. The van der Waals surface area contributed by atoms with Crippen LogP contribution in [0.25, 0.3) is 0 Å². The van der Waals surface area contributed by atoms with Crippen LogP contribution in [0.2, 0.25) is 0 Å². The lowest BCUT2D eigenvalue weighted by Crippen LogP contribution is -2.37. The summed E-state index contributed by atoms with van der Waals surface area (Å²) in [6, 6.07) is 7.92. The second kappa shape index (κ2) is 7.79. The molecule has 0 saturated carbocycles. The first-order chi connectivity index (χ1) is 9.12. The summed E-state index contributed by atoms with van der Waals surface area (Å²) in [4.78, 5) is 13.8. The van der Waals surface area contributed by atoms with Crippen LogP contribution in [0.3, 0.4) is 0 Å². The van der Waals surface area contributed by atoms with Gasteiger partial charge in [-0.3, -0.25) is 4.79 Å². The molecule has 0 fully saturated rings. The molecule has 0 spiro atoms. The number of hydrogen-bond acceptors (Lipinski definition) is 3. The molecule has 1 atom stereocenters. The Hall–Kier alpha value is -1.55. The molecule has 4 heteroatoms. The fraction of sp³-hybridized carbons (Fsp3) is 0.533. The molecule has 0 radical (unpaired) electrons. The second-order valence-electron chi connectivity index (χ2n) is 4.70. The summed E-state index contributed by atoms with van der Waals surface area (Å²) in [5.41, 5.74) is 6.80. The van der Waals surface area contributed by atoms with Gasteiger partial charge in [-0.05, 0) is 30.5 Å². The third-order valence-electron chi connectivity index (χ3n) is 3.40. The van der Waals surface area contributed by atoms with Crippen LogP contribution in [-0.4, -0.2) is 38.1 Å². The average Bonchev–Trinajstić information content (AvgIpc) is 2.46. The summed E-state index contributed by atoms with van der Waals surface area (Å²) in [6.45, 7) is 3.12. The number of methoxy groups -OCH3 is 1. The fourth-order valence-electron chi connectivity index (χ4n) is 1.95. The van der Waals surface area contributed by atoms with Crippen molar-refractivity contribution in [2.75, 3.05) is 27.2 Å². The predicted molar refractivity (Wildman–Crippen MR) is 77.2 cm³/mol. The van der Waals surface area contributed by atoms with Gasteiger partial charge in [0.15, 0.2) is 0 Å². The van der Waals surface area contributed by atoms with Crippen LogP contribution in [0, 0.1) is 5.92 Å². The summed E-state index contributed by atoms with van der Waals surface area (Å²) in [7, 11) is 3.49. The molecule has 1 unspecified atom stereocenters. The summed E-state index contributed by atoms with van der Waals surface area (Å²) in [6.07, 6.45) is 1.63. The quantitative estimate of drug-likeness (QED) is 0.815. The second-order valence-corrected chi connectivity index (χ2v) is 4.70. The number of carbonyl (C=O) groups is 1. The van der Waals surface area contributed by atoms with Crippen molar-refractivity contribution >= 4 is 5.91 Å². The molecule has 0 aliphatic rings. The van der Waals surface area contributed by atoms with Crippen LogP contribution in [-0.2, 0) is 11.2 Å². The molecule has 106 valence electrons.